The smallest absolute Gasteiger partial charge is 0.174 e. The lowest BCUT2D eigenvalue weighted by Gasteiger charge is -2.09. The minimum absolute atomic E-state index is 0.143. The van der Waals surface area contributed by atoms with Crippen molar-refractivity contribution < 1.29 is 9.53 Å². The van der Waals surface area contributed by atoms with Gasteiger partial charge in [0.1, 0.15) is 5.01 Å². The van der Waals surface area contributed by atoms with E-state index in [0.29, 0.717) is 5.75 Å². The molecular formula is C15H21N3O2S2. The molecule has 0 aliphatic carbocycles. The van der Waals surface area contributed by atoms with Crippen molar-refractivity contribution in [2.24, 2.45) is 0 Å². The molecule has 2 aromatic rings. The summed E-state index contributed by atoms with van der Waals surface area (Å²) in [6.07, 6.45) is 0.944. The van der Waals surface area contributed by atoms with Crippen LogP contribution in [0.4, 0.5) is 0 Å². The molecule has 2 rings (SSSR count). The van der Waals surface area contributed by atoms with Gasteiger partial charge in [0, 0.05) is 37.2 Å². The van der Waals surface area contributed by atoms with Gasteiger partial charge in [0.05, 0.1) is 5.75 Å². The summed E-state index contributed by atoms with van der Waals surface area (Å²) in [5.41, 5.74) is 2.96. The summed E-state index contributed by atoms with van der Waals surface area (Å²) in [6, 6.07) is 1.98. The van der Waals surface area contributed by atoms with Gasteiger partial charge in [0.2, 0.25) is 0 Å². The van der Waals surface area contributed by atoms with E-state index in [9.17, 15) is 4.79 Å². The Kier molecular flexibility index (Phi) is 6.16. The summed E-state index contributed by atoms with van der Waals surface area (Å²) in [7, 11) is 1.71. The highest BCUT2D eigenvalue weighted by atomic mass is 32.2. The molecule has 5 nitrogen and oxygen atoms in total. The third kappa shape index (κ3) is 4.18. The van der Waals surface area contributed by atoms with Crippen molar-refractivity contribution in [3.05, 3.63) is 28.0 Å². The molecule has 0 N–H and O–H groups in total. The maximum Gasteiger partial charge on any atom is 0.174 e. The molecule has 0 bridgehead atoms. The van der Waals surface area contributed by atoms with Gasteiger partial charge >= 0.3 is 0 Å². The van der Waals surface area contributed by atoms with Crippen LogP contribution < -0.4 is 0 Å². The zero-order valence-corrected chi connectivity index (χ0v) is 15.0. The summed E-state index contributed by atoms with van der Waals surface area (Å²) in [4.78, 5) is 12.4. The first-order valence-corrected chi connectivity index (χ1v) is 8.95. The Bertz CT molecular complexity index is 649. The van der Waals surface area contributed by atoms with Gasteiger partial charge in [0.25, 0.3) is 0 Å². The molecule has 0 spiro atoms. The van der Waals surface area contributed by atoms with Gasteiger partial charge in [-0.1, -0.05) is 23.1 Å². The molecule has 0 saturated carbocycles. The molecule has 0 aliphatic heterocycles. The summed E-state index contributed by atoms with van der Waals surface area (Å²) >= 11 is 2.98. The average Bonchev–Trinajstić information content (AvgIpc) is 3.02. The fourth-order valence-corrected chi connectivity index (χ4v) is 4.04. The largest absolute Gasteiger partial charge is 0.385 e. The molecule has 22 heavy (non-hydrogen) atoms. The van der Waals surface area contributed by atoms with Crippen molar-refractivity contribution in [3.63, 3.8) is 0 Å². The van der Waals surface area contributed by atoms with Gasteiger partial charge in [-0.2, -0.15) is 0 Å². The van der Waals surface area contributed by atoms with Gasteiger partial charge in [-0.3, -0.25) is 4.79 Å². The van der Waals surface area contributed by atoms with Crippen LogP contribution in [0, 0.1) is 20.8 Å². The summed E-state index contributed by atoms with van der Waals surface area (Å²) in [5, 5.41) is 8.92. The van der Waals surface area contributed by atoms with E-state index >= 15 is 0 Å². The maximum absolute atomic E-state index is 12.4. The Hall–Kier alpha value is -1.18. The molecule has 7 heteroatoms. The second-order valence-electron chi connectivity index (χ2n) is 5.08. The Morgan fingerprint density at radius 2 is 2.14 bits per heavy atom. The van der Waals surface area contributed by atoms with Crippen molar-refractivity contribution in [2.45, 2.75) is 38.1 Å². The molecule has 0 unspecified atom stereocenters. The first-order chi connectivity index (χ1) is 10.5. The zero-order chi connectivity index (χ0) is 16.1. The Morgan fingerprint density at radius 3 is 2.77 bits per heavy atom. The first kappa shape index (κ1) is 17.2. The van der Waals surface area contributed by atoms with Crippen LogP contribution in [0.2, 0.25) is 0 Å². The van der Waals surface area contributed by atoms with Crippen LogP contribution in [0.5, 0.6) is 0 Å². The molecule has 0 saturated heterocycles. The summed E-state index contributed by atoms with van der Waals surface area (Å²) in [6.45, 7) is 7.57. The topological polar surface area (TPSA) is 57.0 Å². The fraction of sp³-hybridized carbons (Fsp3) is 0.533. The summed E-state index contributed by atoms with van der Waals surface area (Å²) < 4.78 is 8.13. The number of nitrogens with zero attached hydrogens (tertiary/aromatic N) is 3. The van der Waals surface area contributed by atoms with Crippen molar-refractivity contribution in [3.8, 4) is 0 Å². The lowest BCUT2D eigenvalue weighted by molar-refractivity contribution is 0.102. The molecule has 2 heterocycles. The van der Waals surface area contributed by atoms with Gasteiger partial charge in [-0.15, -0.1) is 10.2 Å². The Morgan fingerprint density at radius 1 is 1.36 bits per heavy atom. The highest BCUT2D eigenvalue weighted by Gasteiger charge is 2.16. The predicted octanol–water partition coefficient (Wildman–Crippen LogP) is 3.28. The van der Waals surface area contributed by atoms with E-state index in [2.05, 4.69) is 14.8 Å². The number of hydrogen-bond donors (Lipinski definition) is 0. The number of Topliss-reactive ketones (excluding diaryl/α,β-unsaturated/α-hetero) is 1. The second-order valence-corrected chi connectivity index (χ2v) is 7.49. The fourth-order valence-electron chi connectivity index (χ4n) is 2.34. The quantitative estimate of drug-likeness (QED) is 0.420. The van der Waals surface area contributed by atoms with Gasteiger partial charge in [-0.05, 0) is 33.3 Å². The third-order valence-electron chi connectivity index (χ3n) is 3.44. The monoisotopic (exact) mass is 339 g/mol. The van der Waals surface area contributed by atoms with Gasteiger partial charge < -0.3 is 9.30 Å². The number of carbonyl (C=O) groups excluding carboxylic acids is 1. The molecule has 0 fully saturated rings. The molecule has 0 atom stereocenters. The number of thioether (sulfide) groups is 1. The van der Waals surface area contributed by atoms with Crippen LogP contribution in [-0.4, -0.2) is 40.0 Å². The number of rotatable bonds is 8. The Labute approximate surface area is 139 Å². The van der Waals surface area contributed by atoms with Crippen LogP contribution in [0.25, 0.3) is 0 Å². The van der Waals surface area contributed by atoms with Crippen LogP contribution in [0.1, 0.15) is 33.2 Å². The van der Waals surface area contributed by atoms with Gasteiger partial charge in [-0.25, -0.2) is 0 Å². The molecule has 0 radical (unpaired) electrons. The summed E-state index contributed by atoms with van der Waals surface area (Å²) in [5.74, 6) is 0.542. The standard InChI is InChI=1S/C15H21N3O2S2/c1-10-8-13(11(2)18(10)6-5-7-20-4)14(19)9-21-15-17-16-12(3)22-15/h8H,5-7,9H2,1-4H3. The maximum atomic E-state index is 12.4. The number of ketones is 1. The van der Waals surface area contributed by atoms with E-state index < -0.39 is 0 Å². The van der Waals surface area contributed by atoms with Crippen molar-refractivity contribution in [1.29, 1.82) is 0 Å². The molecule has 0 aliphatic rings. The SMILES string of the molecule is COCCCn1c(C)cc(C(=O)CSc2nnc(C)s2)c1C. The number of carbonyl (C=O) groups is 1. The van der Waals surface area contributed by atoms with Gasteiger partial charge in [0.15, 0.2) is 10.1 Å². The van der Waals surface area contributed by atoms with Crippen molar-refractivity contribution in [1.82, 2.24) is 14.8 Å². The highest BCUT2D eigenvalue weighted by Crippen LogP contribution is 2.24. The minimum atomic E-state index is 0.143. The van der Waals surface area contributed by atoms with Crippen LogP contribution in [-0.2, 0) is 11.3 Å². The minimum Gasteiger partial charge on any atom is -0.385 e. The lowest BCUT2D eigenvalue weighted by atomic mass is 10.2. The van der Waals surface area contributed by atoms with Crippen molar-refractivity contribution >= 4 is 28.9 Å². The molecule has 120 valence electrons. The third-order valence-corrected chi connectivity index (χ3v) is 5.41. The number of aryl methyl sites for hydroxylation is 2. The predicted molar refractivity (Wildman–Crippen MR) is 90.1 cm³/mol. The van der Waals surface area contributed by atoms with Crippen LogP contribution in [0.3, 0.4) is 0 Å². The lowest BCUT2D eigenvalue weighted by Crippen LogP contribution is -2.08. The Balaban J connectivity index is 2.01. The number of aromatic nitrogens is 3. The number of ether oxygens (including phenoxy) is 1. The molecule has 2 aromatic heterocycles. The van der Waals surface area contributed by atoms with E-state index in [1.165, 1.54) is 23.1 Å². The second kappa shape index (κ2) is 7.89. The molecule has 0 amide bonds. The van der Waals surface area contributed by atoms with Crippen molar-refractivity contribution in [2.75, 3.05) is 19.5 Å². The number of methoxy groups -OCH3 is 1. The van der Waals surface area contributed by atoms with E-state index in [-0.39, 0.29) is 5.78 Å². The molecule has 0 aromatic carbocycles. The van der Waals surface area contributed by atoms with E-state index in [4.69, 9.17) is 4.74 Å². The average molecular weight is 339 g/mol. The van der Waals surface area contributed by atoms with E-state index in [1.807, 2.05) is 26.8 Å². The van der Waals surface area contributed by atoms with Crippen LogP contribution >= 0.6 is 23.1 Å². The first-order valence-electron chi connectivity index (χ1n) is 7.14. The van der Waals surface area contributed by atoms with E-state index in [0.717, 1.165) is 45.9 Å². The van der Waals surface area contributed by atoms with E-state index in [1.54, 1.807) is 7.11 Å². The number of hydrogen-bond acceptors (Lipinski definition) is 6. The highest BCUT2D eigenvalue weighted by molar-refractivity contribution is 8.01. The normalized spacial score (nSPS) is 11.1. The molecular weight excluding hydrogens is 318 g/mol. The zero-order valence-electron chi connectivity index (χ0n) is 13.4. The van der Waals surface area contributed by atoms with Crippen LogP contribution in [0.15, 0.2) is 10.4 Å².